The molecule has 11 heteroatoms. The zero-order valence-electron chi connectivity index (χ0n) is 47.9. The molecule has 1 aliphatic heterocycles. The summed E-state index contributed by atoms with van der Waals surface area (Å²) in [7, 11) is 0. The van der Waals surface area contributed by atoms with Gasteiger partial charge in [0.15, 0.2) is 6.29 Å². The fraction of sp³-hybridized carbons (Fsp3) is 0.984. The number of carbonyl (C=O) groups excluding carboxylic acids is 1. The van der Waals surface area contributed by atoms with E-state index in [1.165, 1.54) is 244 Å². The number of aliphatic hydroxyl groups is 7. The summed E-state index contributed by atoms with van der Waals surface area (Å²) in [4.78, 5) is 13.2. The summed E-state index contributed by atoms with van der Waals surface area (Å²) in [5, 5.41) is 76.4. The SMILES string of the molecule is CCCCCCCCCCCCCCCCCCCCCCCCCCCCC(O)C(O)C(COC1OC(CO)C(O)C(O)C1O)NC(=O)C(O)CCCCCCCCCCCCCCCCCCCCCC. The van der Waals surface area contributed by atoms with Crippen LogP contribution in [-0.2, 0) is 14.3 Å². The Balaban J connectivity index is 2.24. The fourth-order valence-corrected chi connectivity index (χ4v) is 10.7. The van der Waals surface area contributed by atoms with Gasteiger partial charge in [0.2, 0.25) is 5.91 Å². The monoisotopic (exact) mass is 1040 g/mol. The van der Waals surface area contributed by atoms with Crippen LogP contribution in [0.25, 0.3) is 0 Å². The first-order chi connectivity index (χ1) is 35.7. The molecule has 1 fully saturated rings. The Labute approximate surface area is 449 Å². The average molecular weight is 1040 g/mol. The molecule has 73 heavy (non-hydrogen) atoms. The Morgan fingerprint density at radius 1 is 0.425 bits per heavy atom. The van der Waals surface area contributed by atoms with Crippen molar-refractivity contribution >= 4 is 5.91 Å². The molecule has 9 unspecified atom stereocenters. The number of aliphatic hydroxyl groups excluding tert-OH is 7. The Bertz CT molecular complexity index is 1150. The van der Waals surface area contributed by atoms with Gasteiger partial charge in [-0.15, -0.1) is 0 Å². The van der Waals surface area contributed by atoms with E-state index in [-0.39, 0.29) is 6.42 Å². The molecule has 11 nitrogen and oxygen atoms in total. The van der Waals surface area contributed by atoms with Crippen LogP contribution < -0.4 is 5.32 Å². The molecule has 1 rings (SSSR count). The molecule has 9 atom stereocenters. The van der Waals surface area contributed by atoms with E-state index in [0.29, 0.717) is 19.3 Å². The quantitative estimate of drug-likeness (QED) is 0.0272. The molecule has 436 valence electrons. The van der Waals surface area contributed by atoms with E-state index in [1.807, 2.05) is 0 Å². The molecule has 0 spiro atoms. The van der Waals surface area contributed by atoms with Crippen molar-refractivity contribution in [3.63, 3.8) is 0 Å². The molecule has 1 amide bonds. The fourth-order valence-electron chi connectivity index (χ4n) is 10.7. The van der Waals surface area contributed by atoms with Gasteiger partial charge >= 0.3 is 0 Å². The molecule has 0 bridgehead atoms. The third kappa shape index (κ3) is 40.0. The number of nitrogens with one attached hydrogen (secondary N) is 1. The maximum absolute atomic E-state index is 13.2. The number of hydrogen-bond acceptors (Lipinski definition) is 10. The van der Waals surface area contributed by atoms with Gasteiger partial charge in [-0.25, -0.2) is 0 Å². The van der Waals surface area contributed by atoms with E-state index >= 15 is 0 Å². The summed E-state index contributed by atoms with van der Waals surface area (Å²) < 4.78 is 11.2. The normalized spacial score (nSPS) is 19.8. The topological polar surface area (TPSA) is 189 Å². The highest BCUT2D eigenvalue weighted by Gasteiger charge is 2.44. The summed E-state index contributed by atoms with van der Waals surface area (Å²) in [6.07, 6.45) is 48.8. The Kier molecular flexibility index (Phi) is 49.8. The molecule has 0 radical (unpaired) electrons. The molecule has 1 aliphatic rings. The molecule has 0 aliphatic carbocycles. The lowest BCUT2D eigenvalue weighted by Crippen LogP contribution is -2.60. The Morgan fingerprint density at radius 2 is 0.712 bits per heavy atom. The van der Waals surface area contributed by atoms with Gasteiger partial charge < -0.3 is 50.5 Å². The van der Waals surface area contributed by atoms with Gasteiger partial charge in [-0.05, 0) is 12.8 Å². The summed E-state index contributed by atoms with van der Waals surface area (Å²) >= 11 is 0. The smallest absolute Gasteiger partial charge is 0.249 e. The zero-order valence-corrected chi connectivity index (χ0v) is 47.9. The van der Waals surface area contributed by atoms with Gasteiger partial charge in [-0.1, -0.05) is 309 Å². The summed E-state index contributed by atoms with van der Waals surface area (Å²) in [6.45, 7) is 3.51. The van der Waals surface area contributed by atoms with E-state index < -0.39 is 74.2 Å². The van der Waals surface area contributed by atoms with Crippen LogP contribution >= 0.6 is 0 Å². The number of ether oxygens (including phenoxy) is 2. The van der Waals surface area contributed by atoms with E-state index in [9.17, 15) is 40.5 Å². The van der Waals surface area contributed by atoms with Crippen LogP contribution in [-0.4, -0.2) is 110 Å². The van der Waals surface area contributed by atoms with Crippen LogP contribution in [0, 0.1) is 0 Å². The Morgan fingerprint density at radius 3 is 1.01 bits per heavy atom. The van der Waals surface area contributed by atoms with Crippen LogP contribution in [0.5, 0.6) is 0 Å². The van der Waals surface area contributed by atoms with Crippen molar-refractivity contribution < 1.29 is 50.0 Å². The van der Waals surface area contributed by atoms with Crippen LogP contribution in [0.1, 0.15) is 322 Å². The number of hydrogen-bond donors (Lipinski definition) is 8. The molecule has 0 aromatic heterocycles. The summed E-state index contributed by atoms with van der Waals surface area (Å²) in [6, 6.07) is -1.16. The van der Waals surface area contributed by atoms with Crippen molar-refractivity contribution in [3.05, 3.63) is 0 Å². The first-order valence-electron chi connectivity index (χ1n) is 31.9. The minimum Gasteiger partial charge on any atom is -0.394 e. The second kappa shape index (κ2) is 51.8. The van der Waals surface area contributed by atoms with Crippen molar-refractivity contribution in [2.45, 2.75) is 377 Å². The predicted octanol–water partition coefficient (Wildman–Crippen LogP) is 14.1. The molecule has 0 aromatic carbocycles. The third-order valence-electron chi connectivity index (χ3n) is 15.9. The Hall–Kier alpha value is -0.890. The minimum absolute atomic E-state index is 0.267. The second-order valence-corrected chi connectivity index (χ2v) is 22.9. The number of carbonyl (C=O) groups is 1. The van der Waals surface area contributed by atoms with Gasteiger partial charge in [0.1, 0.15) is 36.6 Å². The highest BCUT2D eigenvalue weighted by molar-refractivity contribution is 5.80. The zero-order chi connectivity index (χ0) is 53.3. The molecule has 8 N–H and O–H groups in total. The first-order valence-corrected chi connectivity index (χ1v) is 31.9. The van der Waals surface area contributed by atoms with Gasteiger partial charge in [-0.2, -0.15) is 0 Å². The third-order valence-corrected chi connectivity index (χ3v) is 15.9. The van der Waals surface area contributed by atoms with Crippen molar-refractivity contribution in [2.75, 3.05) is 13.2 Å². The van der Waals surface area contributed by atoms with Crippen LogP contribution in [0.2, 0.25) is 0 Å². The average Bonchev–Trinajstić information content (AvgIpc) is 3.39. The molecular weight excluding hydrogens is 919 g/mol. The van der Waals surface area contributed by atoms with Crippen molar-refractivity contribution in [2.24, 2.45) is 0 Å². The maximum atomic E-state index is 13.2. The van der Waals surface area contributed by atoms with Gasteiger partial charge in [0.25, 0.3) is 0 Å². The van der Waals surface area contributed by atoms with Crippen LogP contribution in [0.4, 0.5) is 0 Å². The van der Waals surface area contributed by atoms with Crippen molar-refractivity contribution in [1.82, 2.24) is 5.32 Å². The standard InChI is InChI=1S/C62H123NO10/c1-3-5-7-9-11-13-15-17-19-21-23-25-26-27-28-29-30-32-33-35-37-39-41-43-45-47-49-54(65)57(67)53(52-72-62-60(70)59(69)58(68)56(51-64)73-62)63-61(71)55(66)50-48-46-44-42-40-38-36-34-31-24-22-20-18-16-14-12-10-8-6-4-2/h53-60,62,64-70H,3-52H2,1-2H3,(H,63,71). The van der Waals surface area contributed by atoms with Crippen LogP contribution in [0.15, 0.2) is 0 Å². The van der Waals surface area contributed by atoms with Gasteiger partial charge in [0.05, 0.1) is 25.4 Å². The largest absolute Gasteiger partial charge is 0.394 e. The highest BCUT2D eigenvalue weighted by atomic mass is 16.7. The lowest BCUT2D eigenvalue weighted by molar-refractivity contribution is -0.303. The maximum Gasteiger partial charge on any atom is 0.249 e. The molecule has 0 aromatic rings. The summed E-state index contributed by atoms with van der Waals surface area (Å²) in [5.74, 6) is -0.688. The van der Waals surface area contributed by atoms with Gasteiger partial charge in [0, 0.05) is 0 Å². The van der Waals surface area contributed by atoms with E-state index in [4.69, 9.17) is 9.47 Å². The van der Waals surface area contributed by atoms with E-state index in [2.05, 4.69) is 19.2 Å². The molecule has 1 saturated heterocycles. The van der Waals surface area contributed by atoms with Crippen LogP contribution in [0.3, 0.4) is 0 Å². The number of amides is 1. The minimum atomic E-state index is -1.66. The highest BCUT2D eigenvalue weighted by Crippen LogP contribution is 2.24. The number of unbranched alkanes of at least 4 members (excludes halogenated alkanes) is 44. The van der Waals surface area contributed by atoms with E-state index in [0.717, 1.165) is 38.5 Å². The molecular formula is C62H123NO10. The summed E-state index contributed by atoms with van der Waals surface area (Å²) in [5.41, 5.74) is 0. The lowest BCUT2D eigenvalue weighted by atomic mass is 9.98. The molecule has 1 heterocycles. The van der Waals surface area contributed by atoms with E-state index in [1.54, 1.807) is 0 Å². The predicted molar refractivity (Wildman–Crippen MR) is 303 cm³/mol. The number of rotatable bonds is 56. The lowest BCUT2D eigenvalue weighted by Gasteiger charge is -2.40. The first kappa shape index (κ1) is 70.1. The van der Waals surface area contributed by atoms with Crippen molar-refractivity contribution in [1.29, 1.82) is 0 Å². The van der Waals surface area contributed by atoms with Crippen molar-refractivity contribution in [3.8, 4) is 0 Å². The molecule has 0 saturated carbocycles. The second-order valence-electron chi connectivity index (χ2n) is 22.9. The van der Waals surface area contributed by atoms with Gasteiger partial charge in [-0.3, -0.25) is 4.79 Å².